The first kappa shape index (κ1) is 21.9. The first-order chi connectivity index (χ1) is 13.8. The monoisotopic (exact) mass is 435 g/mol. The van der Waals surface area contributed by atoms with E-state index in [2.05, 4.69) is 44.0 Å². The summed E-state index contributed by atoms with van der Waals surface area (Å²) >= 11 is 1.40. The van der Waals surface area contributed by atoms with E-state index in [1.807, 2.05) is 10.8 Å². The van der Waals surface area contributed by atoms with Crippen molar-refractivity contribution in [3.8, 4) is 5.69 Å². The zero-order valence-corrected chi connectivity index (χ0v) is 18.9. The van der Waals surface area contributed by atoms with Crippen LogP contribution in [0.25, 0.3) is 5.69 Å². The summed E-state index contributed by atoms with van der Waals surface area (Å²) in [7, 11) is -3.03. The van der Waals surface area contributed by atoms with Crippen LogP contribution < -0.4 is 0 Å². The van der Waals surface area contributed by atoms with E-state index in [0.717, 1.165) is 29.2 Å². The minimum atomic E-state index is -3.03. The Hall–Kier alpha value is -1.80. The van der Waals surface area contributed by atoms with Crippen LogP contribution in [0.4, 0.5) is 0 Å². The van der Waals surface area contributed by atoms with Crippen LogP contribution in [-0.4, -0.2) is 58.6 Å². The topological polar surface area (TPSA) is 72.3 Å². The molecule has 0 spiro atoms. The van der Waals surface area contributed by atoms with Crippen molar-refractivity contribution in [1.82, 2.24) is 14.5 Å². The summed E-state index contributed by atoms with van der Waals surface area (Å²) in [5.41, 5.74) is 3.40. The molecule has 1 unspecified atom stereocenters. The van der Waals surface area contributed by atoms with E-state index in [4.69, 9.17) is 0 Å². The Morgan fingerprint density at radius 2 is 2.14 bits per heavy atom. The van der Waals surface area contributed by atoms with Gasteiger partial charge in [-0.1, -0.05) is 42.8 Å². The molecule has 2 aromatic rings. The summed E-state index contributed by atoms with van der Waals surface area (Å²) in [4.78, 5) is 19.2. The molecular formula is C21H29N3O3S2. The van der Waals surface area contributed by atoms with E-state index in [1.165, 1.54) is 17.3 Å². The third-order valence-electron chi connectivity index (χ3n) is 5.27. The van der Waals surface area contributed by atoms with Gasteiger partial charge in [0.15, 0.2) is 15.0 Å². The van der Waals surface area contributed by atoms with Gasteiger partial charge >= 0.3 is 0 Å². The Kier molecular flexibility index (Phi) is 7.05. The van der Waals surface area contributed by atoms with Crippen molar-refractivity contribution in [3.05, 3.63) is 41.7 Å². The van der Waals surface area contributed by atoms with Gasteiger partial charge in [0, 0.05) is 25.0 Å². The number of hydrogen-bond donors (Lipinski definition) is 0. The molecule has 1 fully saturated rings. The number of hydrogen-bond acceptors (Lipinski definition) is 5. The highest BCUT2D eigenvalue weighted by Gasteiger charge is 2.34. The van der Waals surface area contributed by atoms with Crippen molar-refractivity contribution in [2.45, 2.75) is 51.2 Å². The summed E-state index contributed by atoms with van der Waals surface area (Å²) in [6.45, 7) is 6.81. The minimum Gasteiger partial charge on any atom is -0.338 e. The second kappa shape index (κ2) is 9.34. The largest absolute Gasteiger partial charge is 0.338 e. The van der Waals surface area contributed by atoms with Crippen molar-refractivity contribution in [2.24, 2.45) is 0 Å². The van der Waals surface area contributed by atoms with Crippen LogP contribution in [0.3, 0.4) is 0 Å². The Morgan fingerprint density at radius 1 is 1.34 bits per heavy atom. The quantitative estimate of drug-likeness (QED) is 0.594. The van der Waals surface area contributed by atoms with Crippen molar-refractivity contribution >= 4 is 27.5 Å². The number of rotatable bonds is 8. The summed E-state index contributed by atoms with van der Waals surface area (Å²) in [6, 6.07) is 6.06. The SMILES string of the molecule is CCCCN(C(=O)CSc1nccn1-c1ccc(C)cc1C)C1CCS(=O)(=O)C1. The van der Waals surface area contributed by atoms with Gasteiger partial charge in [0.2, 0.25) is 5.91 Å². The van der Waals surface area contributed by atoms with Gasteiger partial charge in [0.25, 0.3) is 0 Å². The first-order valence-corrected chi connectivity index (χ1v) is 12.8. The van der Waals surface area contributed by atoms with Crippen LogP contribution in [0.5, 0.6) is 0 Å². The zero-order chi connectivity index (χ0) is 21.0. The number of carbonyl (C=O) groups is 1. The van der Waals surface area contributed by atoms with Gasteiger partial charge in [0.1, 0.15) is 0 Å². The number of nitrogens with zero attached hydrogens (tertiary/aromatic N) is 3. The fourth-order valence-corrected chi connectivity index (χ4v) is 6.31. The Bertz CT molecular complexity index is 969. The van der Waals surface area contributed by atoms with E-state index in [1.54, 1.807) is 11.1 Å². The average Bonchev–Trinajstić information content (AvgIpc) is 3.26. The molecule has 1 saturated heterocycles. The maximum Gasteiger partial charge on any atom is 0.233 e. The second-order valence-electron chi connectivity index (χ2n) is 7.66. The highest BCUT2D eigenvalue weighted by atomic mass is 32.2. The molecule has 1 aliphatic heterocycles. The van der Waals surface area contributed by atoms with Crippen LogP contribution in [0, 0.1) is 13.8 Å². The van der Waals surface area contributed by atoms with Crippen LogP contribution in [0.1, 0.15) is 37.3 Å². The smallest absolute Gasteiger partial charge is 0.233 e. The molecule has 0 aliphatic carbocycles. The van der Waals surface area contributed by atoms with Crippen molar-refractivity contribution in [2.75, 3.05) is 23.8 Å². The maximum atomic E-state index is 13.0. The second-order valence-corrected chi connectivity index (χ2v) is 10.8. The molecule has 1 atom stereocenters. The van der Waals surface area contributed by atoms with Crippen LogP contribution in [0.2, 0.25) is 0 Å². The van der Waals surface area contributed by atoms with Gasteiger partial charge in [0.05, 0.1) is 22.9 Å². The van der Waals surface area contributed by atoms with Crippen molar-refractivity contribution in [3.63, 3.8) is 0 Å². The lowest BCUT2D eigenvalue weighted by Gasteiger charge is -2.28. The lowest BCUT2D eigenvalue weighted by atomic mass is 10.1. The summed E-state index contributed by atoms with van der Waals surface area (Å²) in [5, 5.41) is 0.764. The highest BCUT2D eigenvalue weighted by molar-refractivity contribution is 7.99. The summed E-state index contributed by atoms with van der Waals surface area (Å²) in [6.07, 6.45) is 6.03. The highest BCUT2D eigenvalue weighted by Crippen LogP contribution is 2.25. The molecule has 3 rings (SSSR count). The zero-order valence-electron chi connectivity index (χ0n) is 17.3. The fraction of sp³-hybridized carbons (Fsp3) is 0.524. The van der Waals surface area contributed by atoms with Gasteiger partial charge in [-0.05, 0) is 38.3 Å². The predicted octanol–water partition coefficient (Wildman–Crippen LogP) is 3.40. The van der Waals surface area contributed by atoms with E-state index < -0.39 is 9.84 Å². The van der Waals surface area contributed by atoms with Crippen molar-refractivity contribution in [1.29, 1.82) is 0 Å². The number of carbonyl (C=O) groups excluding carboxylic acids is 1. The maximum absolute atomic E-state index is 13.0. The number of imidazole rings is 1. The molecule has 1 amide bonds. The van der Waals surface area contributed by atoms with Gasteiger partial charge in [-0.3, -0.25) is 9.36 Å². The molecule has 0 bridgehead atoms. The molecule has 29 heavy (non-hydrogen) atoms. The molecule has 2 heterocycles. The van der Waals surface area contributed by atoms with Gasteiger partial charge < -0.3 is 4.90 Å². The van der Waals surface area contributed by atoms with Gasteiger partial charge in [-0.15, -0.1) is 0 Å². The summed E-state index contributed by atoms with van der Waals surface area (Å²) < 4.78 is 25.8. The minimum absolute atomic E-state index is 0.0132. The van der Waals surface area contributed by atoms with E-state index in [9.17, 15) is 13.2 Å². The molecule has 0 saturated carbocycles. The van der Waals surface area contributed by atoms with E-state index in [0.29, 0.717) is 13.0 Å². The average molecular weight is 436 g/mol. The lowest BCUT2D eigenvalue weighted by Crippen LogP contribution is -2.42. The predicted molar refractivity (Wildman–Crippen MR) is 117 cm³/mol. The fourth-order valence-electron chi connectivity index (χ4n) is 3.73. The molecule has 0 radical (unpaired) electrons. The number of aromatic nitrogens is 2. The molecule has 0 N–H and O–H groups in total. The number of aryl methyl sites for hydroxylation is 2. The number of sulfone groups is 1. The number of benzene rings is 1. The molecule has 8 heteroatoms. The standard InChI is InChI=1S/C21H29N3O3S2/c1-4-5-10-23(18-8-12-29(26,27)15-18)20(25)14-28-21-22-9-11-24(21)19-7-6-16(2)13-17(19)3/h6-7,9,11,13,18H,4-5,8,10,12,14-15H2,1-3H3. The Labute approximate surface area is 177 Å². The summed E-state index contributed by atoms with van der Waals surface area (Å²) in [5.74, 6) is 0.505. The third-order valence-corrected chi connectivity index (χ3v) is 7.97. The first-order valence-electron chi connectivity index (χ1n) is 10.0. The van der Waals surface area contributed by atoms with E-state index in [-0.39, 0.29) is 29.2 Å². The van der Waals surface area contributed by atoms with E-state index >= 15 is 0 Å². The molecular weight excluding hydrogens is 406 g/mol. The molecule has 1 aromatic carbocycles. The van der Waals surface area contributed by atoms with Gasteiger partial charge in [-0.25, -0.2) is 13.4 Å². The van der Waals surface area contributed by atoms with Crippen LogP contribution >= 0.6 is 11.8 Å². The normalized spacial score (nSPS) is 18.1. The Morgan fingerprint density at radius 3 is 2.79 bits per heavy atom. The van der Waals surface area contributed by atoms with Crippen LogP contribution in [-0.2, 0) is 14.6 Å². The lowest BCUT2D eigenvalue weighted by molar-refractivity contribution is -0.130. The Balaban J connectivity index is 1.71. The van der Waals surface area contributed by atoms with Crippen molar-refractivity contribution < 1.29 is 13.2 Å². The molecule has 1 aliphatic rings. The molecule has 1 aromatic heterocycles. The van der Waals surface area contributed by atoms with Gasteiger partial charge in [-0.2, -0.15) is 0 Å². The third kappa shape index (κ3) is 5.42. The molecule has 158 valence electrons. The number of thioether (sulfide) groups is 1. The number of unbranched alkanes of at least 4 members (excludes halogenated alkanes) is 1. The van der Waals surface area contributed by atoms with Crippen LogP contribution in [0.15, 0.2) is 35.7 Å². The number of amides is 1. The molecule has 6 nitrogen and oxygen atoms in total.